The number of rotatable bonds is 8. The van der Waals surface area contributed by atoms with Gasteiger partial charge in [0.15, 0.2) is 18.6 Å². The molecule has 3 aromatic rings. The van der Waals surface area contributed by atoms with Crippen LogP contribution in [0.3, 0.4) is 0 Å². The molecule has 180 valence electrons. The van der Waals surface area contributed by atoms with Crippen LogP contribution in [0.2, 0.25) is 10.0 Å². The van der Waals surface area contributed by atoms with E-state index < -0.39 is 44.5 Å². The maximum absolute atomic E-state index is 12.9. The van der Waals surface area contributed by atoms with Crippen molar-refractivity contribution in [3.63, 3.8) is 0 Å². The highest BCUT2D eigenvalue weighted by atomic mass is 35.5. The predicted molar refractivity (Wildman–Crippen MR) is 113 cm³/mol. The van der Waals surface area contributed by atoms with Crippen LogP contribution in [-0.2, 0) is 22.4 Å². The Hall–Kier alpha value is -3.51. The van der Waals surface area contributed by atoms with E-state index in [1.807, 2.05) is 0 Å². The van der Waals surface area contributed by atoms with Gasteiger partial charge < -0.3 is 14.2 Å². The molecular weight excluding hydrogens is 506 g/mol. The van der Waals surface area contributed by atoms with Gasteiger partial charge in [0.05, 0.1) is 20.5 Å². The normalized spacial score (nSPS) is 12.2. The van der Waals surface area contributed by atoms with Gasteiger partial charge >= 0.3 is 17.8 Å². The number of hydrogen-bond acceptors (Lipinski definition) is 7. The fraction of sp³-hybridized carbons (Fsp3) is 0.200. The molecule has 1 unspecified atom stereocenters. The summed E-state index contributed by atoms with van der Waals surface area (Å²) in [5, 5.41) is 14.4. The quantitative estimate of drug-likeness (QED) is 0.208. The van der Waals surface area contributed by atoms with Crippen molar-refractivity contribution < 1.29 is 37.1 Å². The van der Waals surface area contributed by atoms with Crippen molar-refractivity contribution in [3.05, 3.63) is 74.5 Å². The summed E-state index contributed by atoms with van der Waals surface area (Å²) in [6.45, 7) is 1.11. The van der Waals surface area contributed by atoms with Gasteiger partial charge in [-0.2, -0.15) is 18.3 Å². The van der Waals surface area contributed by atoms with Gasteiger partial charge in [0.25, 0.3) is 0 Å². The molecule has 3 rings (SSSR count). The summed E-state index contributed by atoms with van der Waals surface area (Å²) in [5.74, 6) is -1.58. The van der Waals surface area contributed by atoms with E-state index in [9.17, 15) is 28.1 Å². The summed E-state index contributed by atoms with van der Waals surface area (Å²) < 4.78 is 56.0. The molecule has 0 aliphatic rings. The standard InChI is InChI=1S/C20H14Cl2F3N3O6/c1-11(19(29)32-10-27-6-2-5-26-27)33-17-9-13(3-4-16(17)28(30)31)34-18-14(21)7-12(8-15(18)22)20(23,24)25/h2-9,11H,10H2,1H3. The number of benzene rings is 2. The van der Waals surface area contributed by atoms with Crippen LogP contribution in [-0.4, -0.2) is 26.8 Å². The Bertz CT molecular complexity index is 1180. The van der Waals surface area contributed by atoms with Crippen molar-refractivity contribution in [1.29, 1.82) is 0 Å². The number of nitro groups is 1. The smallest absolute Gasteiger partial charge is 0.416 e. The number of ether oxygens (including phenoxy) is 3. The minimum absolute atomic E-state index is 0.0960. The molecular formula is C20H14Cl2F3N3O6. The first kappa shape index (κ1) is 25.1. The highest BCUT2D eigenvalue weighted by molar-refractivity contribution is 6.37. The summed E-state index contributed by atoms with van der Waals surface area (Å²) in [6.07, 6.45) is -2.90. The third-order valence-electron chi connectivity index (χ3n) is 4.21. The van der Waals surface area contributed by atoms with Crippen LogP contribution in [0.1, 0.15) is 12.5 Å². The molecule has 9 nitrogen and oxygen atoms in total. The molecule has 0 spiro atoms. The van der Waals surface area contributed by atoms with Crippen molar-refractivity contribution in [1.82, 2.24) is 9.78 Å². The number of alkyl halides is 3. The van der Waals surface area contributed by atoms with E-state index in [4.69, 9.17) is 37.4 Å². The van der Waals surface area contributed by atoms with E-state index in [1.54, 1.807) is 12.3 Å². The Balaban J connectivity index is 1.81. The number of nitrogens with zero attached hydrogens (tertiary/aromatic N) is 3. The Labute approximate surface area is 199 Å². The summed E-state index contributed by atoms with van der Waals surface area (Å²) >= 11 is 11.8. The molecule has 34 heavy (non-hydrogen) atoms. The summed E-state index contributed by atoms with van der Waals surface area (Å²) in [7, 11) is 0. The summed E-state index contributed by atoms with van der Waals surface area (Å²) in [5.41, 5.74) is -1.58. The van der Waals surface area contributed by atoms with Crippen LogP contribution in [0.15, 0.2) is 48.8 Å². The van der Waals surface area contributed by atoms with Gasteiger partial charge in [-0.15, -0.1) is 0 Å². The first-order valence-electron chi connectivity index (χ1n) is 9.29. The number of carbonyl (C=O) groups is 1. The van der Waals surface area contributed by atoms with Crippen LogP contribution in [0.4, 0.5) is 18.9 Å². The number of esters is 1. The van der Waals surface area contributed by atoms with E-state index in [0.717, 1.165) is 18.2 Å². The Kier molecular flexibility index (Phi) is 7.52. The Morgan fingerprint density at radius 2 is 1.91 bits per heavy atom. The lowest BCUT2D eigenvalue weighted by Gasteiger charge is -2.16. The average Bonchev–Trinajstić information content (AvgIpc) is 3.27. The molecule has 1 heterocycles. The van der Waals surface area contributed by atoms with Gasteiger partial charge in [0.2, 0.25) is 5.75 Å². The molecule has 0 saturated heterocycles. The molecule has 2 aromatic carbocycles. The zero-order valence-electron chi connectivity index (χ0n) is 17.1. The second kappa shape index (κ2) is 10.2. The van der Waals surface area contributed by atoms with Gasteiger partial charge in [0, 0.05) is 24.5 Å². The zero-order valence-corrected chi connectivity index (χ0v) is 18.6. The number of nitro benzene ring substituents is 1. The number of hydrogen-bond donors (Lipinski definition) is 0. The number of carbonyl (C=O) groups excluding carboxylic acids is 1. The van der Waals surface area contributed by atoms with Crippen molar-refractivity contribution in [3.8, 4) is 17.2 Å². The second-order valence-corrected chi connectivity index (χ2v) is 7.47. The molecule has 0 aliphatic heterocycles. The van der Waals surface area contributed by atoms with Gasteiger partial charge in [-0.3, -0.25) is 10.1 Å². The van der Waals surface area contributed by atoms with Crippen molar-refractivity contribution in [2.45, 2.75) is 25.9 Å². The van der Waals surface area contributed by atoms with Gasteiger partial charge in [-0.25, -0.2) is 9.48 Å². The third kappa shape index (κ3) is 6.08. The minimum Gasteiger partial charge on any atom is -0.472 e. The van der Waals surface area contributed by atoms with Crippen molar-refractivity contribution in [2.24, 2.45) is 0 Å². The molecule has 1 atom stereocenters. The minimum atomic E-state index is -4.68. The third-order valence-corrected chi connectivity index (χ3v) is 4.77. The average molecular weight is 520 g/mol. The van der Waals surface area contributed by atoms with Gasteiger partial charge in [-0.05, 0) is 31.2 Å². The van der Waals surface area contributed by atoms with Gasteiger partial charge in [0.1, 0.15) is 5.75 Å². The fourth-order valence-electron chi connectivity index (χ4n) is 2.60. The van der Waals surface area contributed by atoms with Crippen LogP contribution >= 0.6 is 23.2 Å². The first-order valence-corrected chi connectivity index (χ1v) is 10.0. The van der Waals surface area contributed by atoms with E-state index in [-0.39, 0.29) is 24.0 Å². The SMILES string of the molecule is CC(Oc1cc(Oc2c(Cl)cc(C(F)(F)F)cc2Cl)ccc1[N+](=O)[O-])C(=O)OCn1cccn1. The van der Waals surface area contributed by atoms with Gasteiger partial charge in [-0.1, -0.05) is 23.2 Å². The maximum Gasteiger partial charge on any atom is 0.416 e. The Morgan fingerprint density at radius 1 is 1.24 bits per heavy atom. The summed E-state index contributed by atoms with van der Waals surface area (Å²) in [4.78, 5) is 22.8. The van der Waals surface area contributed by atoms with E-state index >= 15 is 0 Å². The largest absolute Gasteiger partial charge is 0.472 e. The lowest BCUT2D eigenvalue weighted by atomic mass is 10.2. The molecule has 0 bridgehead atoms. The highest BCUT2D eigenvalue weighted by Gasteiger charge is 2.32. The molecule has 14 heteroatoms. The number of aromatic nitrogens is 2. The molecule has 0 N–H and O–H groups in total. The topological polar surface area (TPSA) is 106 Å². The van der Waals surface area contributed by atoms with E-state index in [0.29, 0.717) is 12.1 Å². The second-order valence-electron chi connectivity index (χ2n) is 6.65. The molecule has 0 fully saturated rings. The van der Waals surface area contributed by atoms with Crippen molar-refractivity contribution >= 4 is 34.9 Å². The molecule has 0 radical (unpaired) electrons. The monoisotopic (exact) mass is 519 g/mol. The summed E-state index contributed by atoms with van der Waals surface area (Å²) in [6, 6.07) is 6.14. The first-order chi connectivity index (χ1) is 16.0. The molecule has 0 saturated carbocycles. The van der Waals surface area contributed by atoms with E-state index in [1.165, 1.54) is 17.8 Å². The molecule has 1 aromatic heterocycles. The molecule has 0 amide bonds. The van der Waals surface area contributed by atoms with Crippen LogP contribution in [0, 0.1) is 10.1 Å². The van der Waals surface area contributed by atoms with Crippen molar-refractivity contribution in [2.75, 3.05) is 0 Å². The maximum atomic E-state index is 12.9. The predicted octanol–water partition coefficient (Wildman–Crippen LogP) is 5.88. The lowest BCUT2D eigenvalue weighted by molar-refractivity contribution is -0.386. The van der Waals surface area contributed by atoms with Crippen LogP contribution in [0.25, 0.3) is 0 Å². The van der Waals surface area contributed by atoms with Crippen LogP contribution < -0.4 is 9.47 Å². The number of halogens is 5. The zero-order chi connectivity index (χ0) is 25.0. The Morgan fingerprint density at radius 3 is 2.47 bits per heavy atom. The lowest BCUT2D eigenvalue weighted by Crippen LogP contribution is -2.27. The molecule has 0 aliphatic carbocycles. The fourth-order valence-corrected chi connectivity index (χ4v) is 3.17. The van der Waals surface area contributed by atoms with Crippen LogP contribution in [0.5, 0.6) is 17.2 Å². The van der Waals surface area contributed by atoms with E-state index in [2.05, 4.69) is 5.10 Å². The highest BCUT2D eigenvalue weighted by Crippen LogP contribution is 2.43.